The highest BCUT2D eigenvalue weighted by Gasteiger charge is 2.20. The Morgan fingerprint density at radius 1 is 1.41 bits per heavy atom. The van der Waals surface area contributed by atoms with E-state index in [0.717, 1.165) is 15.0 Å². The van der Waals surface area contributed by atoms with Gasteiger partial charge in [-0.15, -0.1) is 22.9 Å². The Balaban J connectivity index is 2.25. The van der Waals surface area contributed by atoms with Crippen LogP contribution in [0.15, 0.2) is 30.3 Å². The van der Waals surface area contributed by atoms with Gasteiger partial charge in [-0.2, -0.15) is 0 Å². The maximum Gasteiger partial charge on any atom is 0.261 e. The molecule has 90 valence electrons. The molecule has 0 saturated heterocycles. The fourth-order valence-corrected chi connectivity index (χ4v) is 2.52. The van der Waals surface area contributed by atoms with Gasteiger partial charge in [0.05, 0.1) is 4.88 Å². The van der Waals surface area contributed by atoms with Gasteiger partial charge in [0.2, 0.25) is 0 Å². The molecule has 1 aromatic carbocycles. The van der Waals surface area contributed by atoms with Crippen molar-refractivity contribution in [2.24, 2.45) is 0 Å². The number of alkyl halides is 1. The van der Waals surface area contributed by atoms with Gasteiger partial charge in [0.25, 0.3) is 5.91 Å². The predicted octanol–water partition coefficient (Wildman–Crippen LogP) is 3.65. The monoisotopic (exact) mass is 267 g/mol. The molecular formula is C13H14ClNOS. The molecule has 0 spiro atoms. The Bertz CT molecular complexity index is 514. The summed E-state index contributed by atoms with van der Waals surface area (Å²) in [5, 5.41) is 4.03. The van der Waals surface area contributed by atoms with Crippen LogP contribution in [-0.2, 0) is 0 Å². The van der Waals surface area contributed by atoms with E-state index in [9.17, 15) is 4.79 Å². The molecule has 0 bridgehead atoms. The number of hydrogen-bond donors (Lipinski definition) is 1. The van der Waals surface area contributed by atoms with Crippen molar-refractivity contribution in [3.8, 4) is 0 Å². The lowest BCUT2D eigenvalue weighted by Gasteiger charge is -2.22. The summed E-state index contributed by atoms with van der Waals surface area (Å²) in [6, 6.07) is 9.89. The Kier molecular flexibility index (Phi) is 3.40. The minimum atomic E-state index is -0.380. The van der Waals surface area contributed by atoms with E-state index in [2.05, 4.69) is 5.32 Å². The zero-order chi connectivity index (χ0) is 12.5. The molecule has 1 N–H and O–H groups in total. The highest BCUT2D eigenvalue weighted by molar-refractivity contribution is 7.20. The van der Waals surface area contributed by atoms with Crippen LogP contribution in [-0.4, -0.2) is 17.3 Å². The van der Waals surface area contributed by atoms with E-state index in [4.69, 9.17) is 11.6 Å². The maximum atomic E-state index is 12.0. The zero-order valence-corrected chi connectivity index (χ0v) is 11.4. The van der Waals surface area contributed by atoms with E-state index in [1.54, 1.807) is 0 Å². The van der Waals surface area contributed by atoms with Crippen LogP contribution >= 0.6 is 22.9 Å². The van der Waals surface area contributed by atoms with Gasteiger partial charge in [-0.05, 0) is 31.4 Å². The molecule has 0 aliphatic rings. The first-order valence-corrected chi connectivity index (χ1v) is 6.74. The molecule has 0 atom stereocenters. The number of fused-ring (bicyclic) bond motifs is 1. The van der Waals surface area contributed by atoms with Crippen molar-refractivity contribution in [2.45, 2.75) is 19.4 Å². The lowest BCUT2D eigenvalue weighted by molar-refractivity contribution is 0.0925. The van der Waals surface area contributed by atoms with Crippen LogP contribution in [0, 0.1) is 0 Å². The molecule has 0 unspecified atom stereocenters. The summed E-state index contributed by atoms with van der Waals surface area (Å²) in [7, 11) is 0. The quantitative estimate of drug-likeness (QED) is 0.845. The number of carbonyl (C=O) groups is 1. The van der Waals surface area contributed by atoms with E-state index >= 15 is 0 Å². The summed E-state index contributed by atoms with van der Waals surface area (Å²) >= 11 is 7.29. The fourth-order valence-electron chi connectivity index (χ4n) is 1.50. The number of amides is 1. The van der Waals surface area contributed by atoms with Crippen LogP contribution in [0.5, 0.6) is 0 Å². The summed E-state index contributed by atoms with van der Waals surface area (Å²) in [6.07, 6.45) is 0. The van der Waals surface area contributed by atoms with Crippen molar-refractivity contribution in [3.63, 3.8) is 0 Å². The van der Waals surface area contributed by atoms with Gasteiger partial charge < -0.3 is 5.32 Å². The summed E-state index contributed by atoms with van der Waals surface area (Å²) in [5.41, 5.74) is -0.380. The third-order valence-electron chi connectivity index (χ3n) is 2.44. The van der Waals surface area contributed by atoms with Gasteiger partial charge in [-0.25, -0.2) is 0 Å². The van der Waals surface area contributed by atoms with Crippen LogP contribution in [0.1, 0.15) is 23.5 Å². The first kappa shape index (κ1) is 12.4. The van der Waals surface area contributed by atoms with Crippen LogP contribution in [0.4, 0.5) is 0 Å². The topological polar surface area (TPSA) is 29.1 Å². The number of halogens is 1. The second-order valence-electron chi connectivity index (χ2n) is 4.62. The molecule has 0 saturated carbocycles. The molecule has 17 heavy (non-hydrogen) atoms. The van der Waals surface area contributed by atoms with Gasteiger partial charge in [0.15, 0.2) is 0 Å². The molecule has 1 amide bonds. The first-order chi connectivity index (χ1) is 8.02. The number of hydrogen-bond acceptors (Lipinski definition) is 2. The average Bonchev–Trinajstić information content (AvgIpc) is 2.72. The van der Waals surface area contributed by atoms with Crippen LogP contribution < -0.4 is 5.32 Å². The minimum absolute atomic E-state index is 0.0585. The van der Waals surface area contributed by atoms with E-state index in [1.807, 2.05) is 44.2 Å². The van der Waals surface area contributed by atoms with Gasteiger partial charge in [-0.1, -0.05) is 18.2 Å². The number of thiophene rings is 1. The molecule has 0 aliphatic heterocycles. The minimum Gasteiger partial charge on any atom is -0.345 e. The molecule has 1 aromatic heterocycles. The Morgan fingerprint density at radius 3 is 2.76 bits per heavy atom. The molecule has 1 heterocycles. The van der Waals surface area contributed by atoms with E-state index < -0.39 is 0 Å². The highest BCUT2D eigenvalue weighted by Crippen LogP contribution is 2.25. The highest BCUT2D eigenvalue weighted by atomic mass is 35.5. The third-order valence-corrected chi connectivity index (χ3v) is 4.22. The SMILES string of the molecule is CC(C)(CCl)NC(=O)c1cc2ccccc2s1. The summed E-state index contributed by atoms with van der Waals surface area (Å²) in [5.74, 6) is 0.334. The van der Waals surface area contributed by atoms with E-state index in [1.165, 1.54) is 11.3 Å². The van der Waals surface area contributed by atoms with E-state index in [0.29, 0.717) is 5.88 Å². The standard InChI is InChI=1S/C13H14ClNOS/c1-13(2,8-14)15-12(16)11-7-9-5-3-4-6-10(9)17-11/h3-7H,8H2,1-2H3,(H,15,16). The molecule has 0 radical (unpaired) electrons. The van der Waals surface area contributed by atoms with Gasteiger partial charge in [0.1, 0.15) is 0 Å². The van der Waals surface area contributed by atoms with E-state index in [-0.39, 0.29) is 11.4 Å². The van der Waals surface area contributed by atoms with Crippen molar-refractivity contribution in [2.75, 3.05) is 5.88 Å². The Labute approximate surface area is 110 Å². The zero-order valence-electron chi connectivity index (χ0n) is 9.79. The lowest BCUT2D eigenvalue weighted by Crippen LogP contribution is -2.44. The lowest BCUT2D eigenvalue weighted by atomic mass is 10.1. The molecular weight excluding hydrogens is 254 g/mol. The largest absolute Gasteiger partial charge is 0.345 e. The number of benzene rings is 1. The van der Waals surface area contributed by atoms with Crippen molar-refractivity contribution < 1.29 is 4.79 Å². The molecule has 4 heteroatoms. The Hall–Kier alpha value is -1.06. The third kappa shape index (κ3) is 2.79. The van der Waals surface area contributed by atoms with Gasteiger partial charge in [-0.3, -0.25) is 4.79 Å². The summed E-state index contributed by atoms with van der Waals surface area (Å²) < 4.78 is 1.13. The van der Waals surface area contributed by atoms with Gasteiger partial charge in [0, 0.05) is 16.1 Å². The average molecular weight is 268 g/mol. The van der Waals surface area contributed by atoms with Crippen molar-refractivity contribution in [1.29, 1.82) is 0 Å². The number of nitrogens with one attached hydrogen (secondary N) is 1. The van der Waals surface area contributed by atoms with Crippen molar-refractivity contribution >= 4 is 38.9 Å². The summed E-state index contributed by atoms with van der Waals surface area (Å²) in [4.78, 5) is 12.8. The van der Waals surface area contributed by atoms with Crippen molar-refractivity contribution in [3.05, 3.63) is 35.2 Å². The van der Waals surface area contributed by atoms with Crippen LogP contribution in [0.2, 0.25) is 0 Å². The predicted molar refractivity (Wildman–Crippen MR) is 74.1 cm³/mol. The first-order valence-electron chi connectivity index (χ1n) is 5.39. The molecule has 2 nitrogen and oxygen atoms in total. The van der Waals surface area contributed by atoms with Crippen LogP contribution in [0.3, 0.4) is 0 Å². The Morgan fingerprint density at radius 2 is 2.12 bits per heavy atom. The molecule has 0 aliphatic carbocycles. The maximum absolute atomic E-state index is 12.0. The van der Waals surface area contributed by atoms with Crippen molar-refractivity contribution in [1.82, 2.24) is 5.32 Å². The fraction of sp³-hybridized carbons (Fsp3) is 0.308. The number of carbonyl (C=O) groups excluding carboxylic acids is 1. The van der Waals surface area contributed by atoms with Crippen LogP contribution in [0.25, 0.3) is 10.1 Å². The molecule has 2 rings (SSSR count). The smallest absolute Gasteiger partial charge is 0.261 e. The number of rotatable bonds is 3. The summed E-state index contributed by atoms with van der Waals surface area (Å²) in [6.45, 7) is 3.82. The molecule has 2 aromatic rings. The second kappa shape index (κ2) is 4.67. The van der Waals surface area contributed by atoms with Gasteiger partial charge >= 0.3 is 0 Å². The molecule has 0 fully saturated rings. The second-order valence-corrected chi connectivity index (χ2v) is 5.97. The normalized spacial score (nSPS) is 11.7.